The molecule has 1 rings (SSSR count). The maximum Gasteiger partial charge on any atom is 0.132 e. The first-order chi connectivity index (χ1) is 7.83. The van der Waals surface area contributed by atoms with Crippen molar-refractivity contribution in [1.82, 2.24) is 0 Å². The van der Waals surface area contributed by atoms with Crippen LogP contribution in [-0.2, 0) is 4.79 Å². The Labute approximate surface area is 101 Å². The molecular weight excluding hydrogens is 196 g/mol. The largest absolute Gasteiger partial charge is 0.300 e. The minimum absolute atomic E-state index is 0.515. The number of ketones is 1. The van der Waals surface area contributed by atoms with Crippen LogP contribution in [0.25, 0.3) is 0 Å². The highest BCUT2D eigenvalue weighted by atomic mass is 16.1. The molecule has 0 N–H and O–H groups in total. The fourth-order valence-corrected chi connectivity index (χ4v) is 2.71. The minimum Gasteiger partial charge on any atom is -0.300 e. The van der Waals surface area contributed by atoms with E-state index in [1.165, 1.54) is 57.8 Å². The van der Waals surface area contributed by atoms with Crippen LogP contribution in [0.2, 0.25) is 0 Å². The zero-order chi connectivity index (χ0) is 11.6. The Hall–Kier alpha value is -0.330. The highest BCUT2D eigenvalue weighted by molar-refractivity contribution is 5.78. The maximum absolute atomic E-state index is 11.6. The summed E-state index contributed by atoms with van der Waals surface area (Å²) in [5.74, 6) is 1.38. The lowest BCUT2D eigenvalue weighted by Crippen LogP contribution is -2.08. The van der Waals surface area contributed by atoms with Crippen LogP contribution in [0.15, 0.2) is 0 Å². The molecule has 0 atom stereocenters. The predicted molar refractivity (Wildman–Crippen MR) is 69.6 cm³/mol. The molecule has 1 heteroatoms. The smallest absolute Gasteiger partial charge is 0.132 e. The number of Topliss-reactive ketones (excluding diaryl/α,β-unsaturated/α-hetero) is 1. The van der Waals surface area contributed by atoms with Crippen LogP contribution in [0.5, 0.6) is 0 Å². The molecule has 1 aliphatic rings. The van der Waals surface area contributed by atoms with E-state index in [-0.39, 0.29) is 0 Å². The van der Waals surface area contributed by atoms with E-state index in [4.69, 9.17) is 0 Å². The van der Waals surface area contributed by atoms with Crippen molar-refractivity contribution in [2.45, 2.75) is 84.0 Å². The van der Waals surface area contributed by atoms with Crippen molar-refractivity contribution in [2.24, 2.45) is 5.92 Å². The summed E-state index contributed by atoms with van der Waals surface area (Å²) in [5, 5.41) is 0. The van der Waals surface area contributed by atoms with Crippen molar-refractivity contribution in [1.29, 1.82) is 0 Å². The van der Waals surface area contributed by atoms with Gasteiger partial charge in [0.15, 0.2) is 0 Å². The first-order valence-corrected chi connectivity index (χ1v) is 7.34. The number of hydrogen-bond acceptors (Lipinski definition) is 1. The fraction of sp³-hybridized carbons (Fsp3) is 0.933. The molecule has 1 fully saturated rings. The van der Waals surface area contributed by atoms with Crippen LogP contribution in [-0.4, -0.2) is 5.78 Å². The predicted octanol–water partition coefficient (Wildman–Crippen LogP) is 4.89. The van der Waals surface area contributed by atoms with Gasteiger partial charge in [-0.3, -0.25) is 4.79 Å². The maximum atomic E-state index is 11.6. The van der Waals surface area contributed by atoms with Gasteiger partial charge in [0, 0.05) is 12.8 Å². The molecule has 0 saturated heterocycles. The van der Waals surface area contributed by atoms with E-state index in [9.17, 15) is 4.79 Å². The number of hydrogen-bond donors (Lipinski definition) is 0. The van der Waals surface area contributed by atoms with Crippen molar-refractivity contribution >= 4 is 5.78 Å². The van der Waals surface area contributed by atoms with Crippen LogP contribution in [0.1, 0.15) is 84.0 Å². The Morgan fingerprint density at radius 2 is 1.75 bits per heavy atom. The van der Waals surface area contributed by atoms with Crippen molar-refractivity contribution in [3.05, 3.63) is 0 Å². The Bertz CT molecular complexity index is 180. The topological polar surface area (TPSA) is 17.1 Å². The number of carbonyl (C=O) groups excluding carboxylic acids is 1. The summed E-state index contributed by atoms with van der Waals surface area (Å²) in [4.78, 5) is 11.6. The molecular formula is C15H28O. The molecule has 0 aromatic carbocycles. The zero-order valence-corrected chi connectivity index (χ0v) is 11.0. The molecule has 0 bridgehead atoms. The summed E-state index contributed by atoms with van der Waals surface area (Å²) in [6.07, 6.45) is 14.8. The van der Waals surface area contributed by atoms with E-state index in [0.29, 0.717) is 5.78 Å². The summed E-state index contributed by atoms with van der Waals surface area (Å²) >= 11 is 0. The van der Waals surface area contributed by atoms with Crippen LogP contribution in [0.4, 0.5) is 0 Å². The van der Waals surface area contributed by atoms with Crippen molar-refractivity contribution < 1.29 is 4.79 Å². The van der Waals surface area contributed by atoms with Crippen molar-refractivity contribution in [3.8, 4) is 0 Å². The molecule has 1 nitrogen and oxygen atoms in total. The van der Waals surface area contributed by atoms with Crippen LogP contribution < -0.4 is 0 Å². The second-order valence-electron chi connectivity index (χ2n) is 5.39. The van der Waals surface area contributed by atoms with Crippen LogP contribution >= 0.6 is 0 Å². The lowest BCUT2D eigenvalue weighted by molar-refractivity contribution is -0.119. The van der Waals surface area contributed by atoms with Gasteiger partial charge in [-0.05, 0) is 18.8 Å². The monoisotopic (exact) mass is 224 g/mol. The Morgan fingerprint density at radius 3 is 2.44 bits per heavy atom. The van der Waals surface area contributed by atoms with E-state index in [1.54, 1.807) is 0 Å². The zero-order valence-electron chi connectivity index (χ0n) is 11.0. The second kappa shape index (κ2) is 8.78. The minimum atomic E-state index is 0.515. The van der Waals surface area contributed by atoms with E-state index in [2.05, 4.69) is 6.92 Å². The van der Waals surface area contributed by atoms with Crippen molar-refractivity contribution in [3.63, 3.8) is 0 Å². The Kier molecular flexibility index (Phi) is 7.54. The highest BCUT2D eigenvalue weighted by Gasteiger charge is 2.14. The number of rotatable bonds is 8. The Balaban J connectivity index is 1.96. The summed E-state index contributed by atoms with van der Waals surface area (Å²) in [7, 11) is 0. The molecule has 0 heterocycles. The number of carbonyl (C=O) groups is 1. The average molecular weight is 224 g/mol. The van der Waals surface area contributed by atoms with Crippen LogP contribution in [0.3, 0.4) is 0 Å². The van der Waals surface area contributed by atoms with Crippen LogP contribution in [0, 0.1) is 5.92 Å². The summed E-state index contributed by atoms with van der Waals surface area (Å²) in [6.45, 7) is 2.21. The van der Waals surface area contributed by atoms with E-state index in [0.717, 1.165) is 25.2 Å². The van der Waals surface area contributed by atoms with Gasteiger partial charge < -0.3 is 0 Å². The third-order valence-electron chi connectivity index (χ3n) is 3.87. The summed E-state index contributed by atoms with van der Waals surface area (Å²) < 4.78 is 0. The standard InChI is InChI=1S/C15H28O/c1-2-3-4-8-11-15(16)13-12-14-9-6-5-7-10-14/h14H,2-13H2,1H3. The van der Waals surface area contributed by atoms with E-state index >= 15 is 0 Å². The number of unbranched alkanes of at least 4 members (excludes halogenated alkanes) is 3. The normalized spacial score (nSPS) is 17.6. The van der Waals surface area contributed by atoms with Crippen molar-refractivity contribution in [2.75, 3.05) is 0 Å². The molecule has 0 aliphatic heterocycles. The highest BCUT2D eigenvalue weighted by Crippen LogP contribution is 2.27. The summed E-state index contributed by atoms with van der Waals surface area (Å²) in [5.41, 5.74) is 0. The fourth-order valence-electron chi connectivity index (χ4n) is 2.71. The van der Waals surface area contributed by atoms with Gasteiger partial charge in [-0.25, -0.2) is 0 Å². The molecule has 0 aromatic heterocycles. The molecule has 0 unspecified atom stereocenters. The molecule has 0 radical (unpaired) electrons. The molecule has 94 valence electrons. The van der Waals surface area contributed by atoms with E-state index < -0.39 is 0 Å². The van der Waals surface area contributed by atoms with Gasteiger partial charge >= 0.3 is 0 Å². The molecule has 0 spiro atoms. The SMILES string of the molecule is CCCCCCC(=O)CCC1CCCCC1. The van der Waals surface area contributed by atoms with Gasteiger partial charge in [0.1, 0.15) is 5.78 Å². The first-order valence-electron chi connectivity index (χ1n) is 7.34. The molecule has 0 amide bonds. The molecule has 1 aliphatic carbocycles. The third-order valence-corrected chi connectivity index (χ3v) is 3.87. The summed E-state index contributed by atoms with van der Waals surface area (Å²) in [6, 6.07) is 0. The third kappa shape index (κ3) is 6.30. The van der Waals surface area contributed by atoms with Gasteiger partial charge in [0.05, 0.1) is 0 Å². The van der Waals surface area contributed by atoms with E-state index in [1.807, 2.05) is 0 Å². The molecule has 1 saturated carbocycles. The van der Waals surface area contributed by atoms with Gasteiger partial charge in [-0.15, -0.1) is 0 Å². The van der Waals surface area contributed by atoms with Gasteiger partial charge in [0.25, 0.3) is 0 Å². The lowest BCUT2D eigenvalue weighted by atomic mass is 9.85. The Morgan fingerprint density at radius 1 is 1.00 bits per heavy atom. The molecule has 0 aromatic rings. The lowest BCUT2D eigenvalue weighted by Gasteiger charge is -2.20. The van der Waals surface area contributed by atoms with Gasteiger partial charge in [-0.1, -0.05) is 58.3 Å². The van der Waals surface area contributed by atoms with Gasteiger partial charge in [0.2, 0.25) is 0 Å². The first kappa shape index (κ1) is 13.7. The quantitative estimate of drug-likeness (QED) is 0.537. The van der Waals surface area contributed by atoms with Gasteiger partial charge in [-0.2, -0.15) is 0 Å². The average Bonchev–Trinajstić information content (AvgIpc) is 2.33. The molecule has 16 heavy (non-hydrogen) atoms. The second-order valence-corrected chi connectivity index (χ2v) is 5.39.